The number of benzene rings is 3. The molecule has 3 aromatic rings. The maximum absolute atomic E-state index is 13.4. The maximum Gasteiger partial charge on any atom is 0.338 e. The lowest BCUT2D eigenvalue weighted by Gasteiger charge is -2.26. The molecular weight excluding hydrogens is 451 g/mol. The van der Waals surface area contributed by atoms with Gasteiger partial charge in [0, 0.05) is 17.9 Å². The molecule has 0 spiro atoms. The fourth-order valence-corrected chi connectivity index (χ4v) is 5.22. The Hall–Kier alpha value is -3.32. The first-order valence-corrected chi connectivity index (χ1v) is 12.3. The summed E-state index contributed by atoms with van der Waals surface area (Å²) < 4.78 is 18.9. The highest BCUT2D eigenvalue weighted by atomic mass is 32.2. The first kappa shape index (κ1) is 23.8. The van der Waals surface area contributed by atoms with Gasteiger partial charge in [0.25, 0.3) is 0 Å². The number of ether oxygens (including phenoxy) is 1. The Balaban J connectivity index is 1.43. The highest BCUT2D eigenvalue weighted by Crippen LogP contribution is 2.42. The molecule has 1 aliphatic rings. The number of para-hydroxylation sites is 1. The molecule has 1 fully saturated rings. The monoisotopic (exact) mass is 478 g/mol. The van der Waals surface area contributed by atoms with Crippen molar-refractivity contribution in [2.45, 2.75) is 19.2 Å². The van der Waals surface area contributed by atoms with Crippen molar-refractivity contribution in [2.75, 3.05) is 35.2 Å². The predicted octanol–water partition coefficient (Wildman–Crippen LogP) is 5.60. The second-order valence-electron chi connectivity index (χ2n) is 8.03. The molecule has 0 bridgehead atoms. The third-order valence-corrected chi connectivity index (χ3v) is 7.02. The van der Waals surface area contributed by atoms with Gasteiger partial charge in [-0.05, 0) is 67.4 Å². The zero-order valence-electron chi connectivity index (χ0n) is 19.2. The van der Waals surface area contributed by atoms with Crippen LogP contribution in [0.3, 0.4) is 0 Å². The second kappa shape index (κ2) is 10.7. The fourth-order valence-electron chi connectivity index (χ4n) is 4.05. The normalized spacial score (nSPS) is 15.4. The number of carbonyl (C=O) groups excluding carboxylic acids is 2. The van der Waals surface area contributed by atoms with Crippen LogP contribution in [0, 0.1) is 12.7 Å². The molecule has 1 unspecified atom stereocenters. The van der Waals surface area contributed by atoms with E-state index in [0.29, 0.717) is 17.9 Å². The summed E-state index contributed by atoms with van der Waals surface area (Å²) in [5.74, 6) is -0.371. The number of rotatable bonds is 8. The first-order valence-electron chi connectivity index (χ1n) is 11.2. The summed E-state index contributed by atoms with van der Waals surface area (Å²) in [7, 11) is 0. The molecule has 1 amide bonds. The maximum atomic E-state index is 13.4. The number of nitrogens with zero attached hydrogens (tertiary/aromatic N) is 2. The van der Waals surface area contributed by atoms with Gasteiger partial charge in [0.1, 0.15) is 17.8 Å². The largest absolute Gasteiger partial charge is 0.460 e. The Bertz CT molecular complexity index is 1150. The number of esters is 1. The van der Waals surface area contributed by atoms with Crippen LogP contribution in [-0.4, -0.2) is 37.3 Å². The van der Waals surface area contributed by atoms with E-state index >= 15 is 0 Å². The molecule has 5 nitrogen and oxygen atoms in total. The minimum Gasteiger partial charge on any atom is -0.460 e. The minimum atomic E-state index is -0.393. The first-order chi connectivity index (χ1) is 16.5. The third kappa shape index (κ3) is 5.25. The number of hydrogen-bond acceptors (Lipinski definition) is 5. The van der Waals surface area contributed by atoms with E-state index in [-0.39, 0.29) is 23.7 Å². The molecule has 34 heavy (non-hydrogen) atoms. The summed E-state index contributed by atoms with van der Waals surface area (Å²) in [5.41, 5.74) is 3.93. The van der Waals surface area contributed by atoms with E-state index in [0.717, 1.165) is 29.0 Å². The number of carbonyl (C=O) groups is 2. The number of amides is 1. The zero-order chi connectivity index (χ0) is 24.1. The van der Waals surface area contributed by atoms with Gasteiger partial charge in [0.2, 0.25) is 5.91 Å². The highest BCUT2D eigenvalue weighted by molar-refractivity contribution is 8.00. The molecule has 1 aliphatic heterocycles. The Morgan fingerprint density at radius 3 is 2.53 bits per heavy atom. The highest BCUT2D eigenvalue weighted by Gasteiger charge is 2.35. The molecule has 4 rings (SSSR count). The van der Waals surface area contributed by atoms with Crippen LogP contribution in [0.15, 0.2) is 72.8 Å². The number of halogens is 1. The molecule has 0 saturated carbocycles. The lowest BCUT2D eigenvalue weighted by atomic mass is 10.1. The van der Waals surface area contributed by atoms with Gasteiger partial charge in [0.15, 0.2) is 0 Å². The predicted molar refractivity (Wildman–Crippen MR) is 135 cm³/mol. The van der Waals surface area contributed by atoms with Crippen LogP contribution in [-0.2, 0) is 9.53 Å². The molecule has 3 aromatic carbocycles. The van der Waals surface area contributed by atoms with Crippen molar-refractivity contribution < 1.29 is 18.7 Å². The van der Waals surface area contributed by atoms with Crippen LogP contribution in [0.1, 0.15) is 33.8 Å². The van der Waals surface area contributed by atoms with Gasteiger partial charge in [-0.25, -0.2) is 9.18 Å². The van der Waals surface area contributed by atoms with Gasteiger partial charge in [-0.3, -0.25) is 9.69 Å². The van der Waals surface area contributed by atoms with E-state index in [9.17, 15) is 14.0 Å². The average molecular weight is 479 g/mol. The van der Waals surface area contributed by atoms with Crippen molar-refractivity contribution in [2.24, 2.45) is 0 Å². The van der Waals surface area contributed by atoms with Crippen molar-refractivity contribution in [3.05, 3.63) is 95.3 Å². The van der Waals surface area contributed by atoms with E-state index < -0.39 is 5.97 Å². The Labute approximate surface area is 203 Å². The Morgan fingerprint density at radius 2 is 1.85 bits per heavy atom. The van der Waals surface area contributed by atoms with Gasteiger partial charge in [-0.2, -0.15) is 0 Å². The second-order valence-corrected chi connectivity index (χ2v) is 9.10. The van der Waals surface area contributed by atoms with Crippen molar-refractivity contribution in [3.8, 4) is 0 Å². The third-order valence-electron chi connectivity index (χ3n) is 5.81. The molecule has 0 N–H and O–H groups in total. The molecule has 0 aromatic heterocycles. The summed E-state index contributed by atoms with van der Waals surface area (Å²) in [4.78, 5) is 29.2. The molecule has 1 heterocycles. The molecule has 0 aliphatic carbocycles. The summed E-state index contributed by atoms with van der Waals surface area (Å²) in [6.45, 7) is 5.62. The van der Waals surface area contributed by atoms with Crippen LogP contribution in [0.4, 0.5) is 15.8 Å². The zero-order valence-corrected chi connectivity index (χ0v) is 20.1. The number of aryl methyl sites for hydroxylation is 1. The Morgan fingerprint density at radius 1 is 1.12 bits per heavy atom. The van der Waals surface area contributed by atoms with Gasteiger partial charge >= 0.3 is 5.97 Å². The lowest BCUT2D eigenvalue weighted by Crippen LogP contribution is -2.29. The van der Waals surface area contributed by atoms with Crippen LogP contribution in [0.2, 0.25) is 0 Å². The number of likely N-dealkylation sites (N-methyl/N-ethyl adjacent to an activating group) is 1. The molecule has 1 saturated heterocycles. The van der Waals surface area contributed by atoms with Crippen molar-refractivity contribution in [1.82, 2.24) is 0 Å². The minimum absolute atomic E-state index is 0.0154. The van der Waals surface area contributed by atoms with Crippen molar-refractivity contribution >= 4 is 35.0 Å². The summed E-state index contributed by atoms with van der Waals surface area (Å²) in [6, 6.07) is 21.5. The van der Waals surface area contributed by atoms with Crippen LogP contribution in [0.25, 0.3) is 0 Å². The van der Waals surface area contributed by atoms with Gasteiger partial charge in [0.05, 0.1) is 17.9 Å². The Kier molecular flexibility index (Phi) is 7.53. The fraction of sp³-hybridized carbons (Fsp3) is 0.259. The van der Waals surface area contributed by atoms with Crippen molar-refractivity contribution in [3.63, 3.8) is 0 Å². The van der Waals surface area contributed by atoms with E-state index in [2.05, 4.69) is 11.8 Å². The molecule has 7 heteroatoms. The quantitative estimate of drug-likeness (QED) is 0.395. The van der Waals surface area contributed by atoms with E-state index in [1.165, 1.54) is 23.9 Å². The number of anilines is 2. The molecule has 1 atom stereocenters. The van der Waals surface area contributed by atoms with Crippen LogP contribution < -0.4 is 9.80 Å². The van der Waals surface area contributed by atoms with E-state index in [1.807, 2.05) is 37.3 Å². The van der Waals surface area contributed by atoms with E-state index in [1.54, 1.807) is 35.2 Å². The van der Waals surface area contributed by atoms with E-state index in [4.69, 9.17) is 4.74 Å². The van der Waals surface area contributed by atoms with Crippen LogP contribution in [0.5, 0.6) is 0 Å². The molecule has 176 valence electrons. The van der Waals surface area contributed by atoms with Gasteiger partial charge < -0.3 is 9.64 Å². The van der Waals surface area contributed by atoms with Gasteiger partial charge in [-0.15, -0.1) is 11.8 Å². The summed E-state index contributed by atoms with van der Waals surface area (Å²) in [5, 5.41) is -0.234. The lowest BCUT2D eigenvalue weighted by molar-refractivity contribution is -0.115. The topological polar surface area (TPSA) is 49.9 Å². The number of thioether (sulfide) groups is 1. The van der Waals surface area contributed by atoms with Crippen molar-refractivity contribution in [1.29, 1.82) is 0 Å². The van der Waals surface area contributed by atoms with Gasteiger partial charge in [-0.1, -0.05) is 30.3 Å². The summed E-state index contributed by atoms with van der Waals surface area (Å²) >= 11 is 1.50. The molecular formula is C27H27FN2O3S. The standard InChI is InChI=1S/C27H27FN2O3S/c1-3-29(23-7-5-4-6-8-23)15-16-33-27(32)21-11-14-24(19(2)17-21)30-25(31)18-34-26(30)20-9-12-22(28)13-10-20/h4-14,17,26H,3,15-16,18H2,1-2H3. The average Bonchev–Trinajstić information content (AvgIpc) is 3.23. The van der Waals surface area contributed by atoms with Crippen LogP contribution >= 0.6 is 11.8 Å². The molecule has 0 radical (unpaired) electrons. The SMILES string of the molecule is CCN(CCOC(=O)c1ccc(N2C(=O)CSC2c2ccc(F)cc2)c(C)c1)c1ccccc1. The summed E-state index contributed by atoms with van der Waals surface area (Å²) in [6.07, 6.45) is 0. The number of hydrogen-bond donors (Lipinski definition) is 0. The smallest absolute Gasteiger partial charge is 0.338 e.